The van der Waals surface area contributed by atoms with E-state index in [0.29, 0.717) is 0 Å². The number of hydrogen-bond donors (Lipinski definition) is 0. The van der Waals surface area contributed by atoms with Crippen LogP contribution in [0, 0.1) is 0 Å². The quantitative estimate of drug-likeness (QED) is 0.534. The minimum atomic E-state index is -0.168. The molecule has 11 heavy (non-hydrogen) atoms. The second-order valence-corrected chi connectivity index (χ2v) is 3.76. The summed E-state index contributed by atoms with van der Waals surface area (Å²) in [5.74, 6) is -0.168. The van der Waals surface area contributed by atoms with Gasteiger partial charge in [-0.3, -0.25) is 0 Å². The molecule has 1 saturated heterocycles. The Labute approximate surface area is 67.9 Å². The van der Waals surface area contributed by atoms with Crippen LogP contribution in [0.25, 0.3) is 0 Å². The van der Waals surface area contributed by atoms with Crippen LogP contribution in [0.2, 0.25) is 0 Å². The van der Waals surface area contributed by atoms with E-state index in [-0.39, 0.29) is 18.0 Å². The molecule has 2 nitrogen and oxygen atoms in total. The molecule has 64 valence electrons. The molecule has 0 N–H and O–H groups in total. The van der Waals surface area contributed by atoms with Gasteiger partial charge in [-0.1, -0.05) is 0 Å². The highest BCUT2D eigenvalue weighted by Crippen LogP contribution is 2.41. The molecule has 1 heterocycles. The summed E-state index contributed by atoms with van der Waals surface area (Å²) in [5, 5.41) is 0. The van der Waals surface area contributed by atoms with Crippen LogP contribution in [-0.2, 0) is 9.47 Å². The molecule has 0 aromatic carbocycles. The van der Waals surface area contributed by atoms with Gasteiger partial charge in [0.2, 0.25) is 0 Å². The highest BCUT2D eigenvalue weighted by atomic mass is 16.8. The van der Waals surface area contributed by atoms with Crippen LogP contribution in [-0.4, -0.2) is 18.0 Å². The molecular formula is C9H16O2. The molecule has 0 aromatic rings. The SMILES string of the molecule is C[C@@H]1OC2(CCCC2)O[C@H]1C. The zero-order valence-corrected chi connectivity index (χ0v) is 7.30. The molecule has 2 aliphatic rings. The fraction of sp³-hybridized carbons (Fsp3) is 1.00. The number of ether oxygens (including phenoxy) is 2. The lowest BCUT2D eigenvalue weighted by atomic mass is 10.2. The van der Waals surface area contributed by atoms with Crippen molar-refractivity contribution in [2.75, 3.05) is 0 Å². The van der Waals surface area contributed by atoms with Gasteiger partial charge in [0.15, 0.2) is 5.79 Å². The Hall–Kier alpha value is -0.0800. The van der Waals surface area contributed by atoms with Crippen molar-refractivity contribution in [2.45, 2.75) is 57.5 Å². The molecule has 2 fully saturated rings. The average molecular weight is 156 g/mol. The summed E-state index contributed by atoms with van der Waals surface area (Å²) < 4.78 is 11.6. The standard InChI is InChI=1S/C9H16O2/c1-7-8(2)11-9(10-7)5-3-4-6-9/h7-8H,3-6H2,1-2H3/t7-,8-/m0/s1. The second-order valence-electron chi connectivity index (χ2n) is 3.76. The first-order valence-electron chi connectivity index (χ1n) is 4.57. The normalized spacial score (nSPS) is 42.0. The molecule has 1 aliphatic heterocycles. The van der Waals surface area contributed by atoms with Crippen LogP contribution in [0.1, 0.15) is 39.5 Å². The molecule has 0 bridgehead atoms. The third kappa shape index (κ3) is 1.18. The zero-order valence-electron chi connectivity index (χ0n) is 7.30. The van der Waals surface area contributed by atoms with E-state index in [4.69, 9.17) is 9.47 Å². The highest BCUT2D eigenvalue weighted by Gasteiger charge is 2.45. The molecule has 0 radical (unpaired) electrons. The van der Waals surface area contributed by atoms with Gasteiger partial charge in [0.05, 0.1) is 12.2 Å². The lowest BCUT2D eigenvalue weighted by molar-refractivity contribution is -0.166. The van der Waals surface area contributed by atoms with Gasteiger partial charge in [-0.2, -0.15) is 0 Å². The number of hydrogen-bond acceptors (Lipinski definition) is 2. The largest absolute Gasteiger partial charge is 0.344 e. The Morgan fingerprint density at radius 3 is 1.91 bits per heavy atom. The summed E-state index contributed by atoms with van der Waals surface area (Å²) in [5.41, 5.74) is 0. The Balaban J connectivity index is 2.06. The molecule has 1 aliphatic carbocycles. The summed E-state index contributed by atoms with van der Waals surface area (Å²) in [6.45, 7) is 4.19. The van der Waals surface area contributed by atoms with Crippen molar-refractivity contribution < 1.29 is 9.47 Å². The summed E-state index contributed by atoms with van der Waals surface area (Å²) in [6, 6.07) is 0. The van der Waals surface area contributed by atoms with E-state index in [1.54, 1.807) is 0 Å². The van der Waals surface area contributed by atoms with Crippen molar-refractivity contribution >= 4 is 0 Å². The Kier molecular flexibility index (Phi) is 1.69. The van der Waals surface area contributed by atoms with Gasteiger partial charge in [-0.05, 0) is 26.7 Å². The summed E-state index contributed by atoms with van der Waals surface area (Å²) in [4.78, 5) is 0. The van der Waals surface area contributed by atoms with E-state index >= 15 is 0 Å². The molecule has 2 heteroatoms. The van der Waals surface area contributed by atoms with Crippen molar-refractivity contribution in [2.24, 2.45) is 0 Å². The molecule has 2 rings (SSSR count). The van der Waals surface area contributed by atoms with Crippen molar-refractivity contribution in [3.05, 3.63) is 0 Å². The number of rotatable bonds is 0. The third-order valence-electron chi connectivity index (χ3n) is 2.83. The first kappa shape index (κ1) is 7.56. The minimum Gasteiger partial charge on any atom is -0.344 e. The fourth-order valence-corrected chi connectivity index (χ4v) is 2.05. The van der Waals surface area contributed by atoms with Gasteiger partial charge in [0.1, 0.15) is 0 Å². The maximum atomic E-state index is 5.80. The van der Waals surface area contributed by atoms with Crippen LogP contribution in [0.15, 0.2) is 0 Å². The minimum absolute atomic E-state index is 0.168. The maximum absolute atomic E-state index is 5.80. The lowest BCUT2D eigenvalue weighted by Crippen LogP contribution is -2.26. The van der Waals surface area contributed by atoms with Crippen molar-refractivity contribution in [3.63, 3.8) is 0 Å². The molecule has 1 spiro atoms. The van der Waals surface area contributed by atoms with E-state index in [1.165, 1.54) is 12.8 Å². The Morgan fingerprint density at radius 2 is 1.45 bits per heavy atom. The second kappa shape index (κ2) is 2.46. The van der Waals surface area contributed by atoms with Crippen molar-refractivity contribution in [1.82, 2.24) is 0 Å². The topological polar surface area (TPSA) is 18.5 Å². The summed E-state index contributed by atoms with van der Waals surface area (Å²) in [6.07, 6.45) is 5.30. The molecule has 0 amide bonds. The van der Waals surface area contributed by atoms with E-state index in [1.807, 2.05) is 0 Å². The predicted molar refractivity (Wildman–Crippen MR) is 42.3 cm³/mol. The van der Waals surface area contributed by atoms with Crippen LogP contribution in [0.5, 0.6) is 0 Å². The summed E-state index contributed by atoms with van der Waals surface area (Å²) >= 11 is 0. The van der Waals surface area contributed by atoms with Crippen LogP contribution < -0.4 is 0 Å². The first-order chi connectivity index (χ1) is 5.22. The smallest absolute Gasteiger partial charge is 0.169 e. The Bertz CT molecular complexity index is 138. The van der Waals surface area contributed by atoms with Crippen LogP contribution in [0.4, 0.5) is 0 Å². The van der Waals surface area contributed by atoms with Gasteiger partial charge in [0, 0.05) is 12.8 Å². The molecule has 0 unspecified atom stereocenters. The van der Waals surface area contributed by atoms with E-state index in [0.717, 1.165) is 12.8 Å². The molecule has 0 aromatic heterocycles. The van der Waals surface area contributed by atoms with Crippen molar-refractivity contribution in [1.29, 1.82) is 0 Å². The van der Waals surface area contributed by atoms with Gasteiger partial charge in [0.25, 0.3) is 0 Å². The molecular weight excluding hydrogens is 140 g/mol. The predicted octanol–water partition coefficient (Wildman–Crippen LogP) is 2.08. The van der Waals surface area contributed by atoms with Gasteiger partial charge in [-0.25, -0.2) is 0 Å². The zero-order chi connectivity index (χ0) is 7.90. The summed E-state index contributed by atoms with van der Waals surface area (Å²) in [7, 11) is 0. The van der Waals surface area contributed by atoms with E-state index < -0.39 is 0 Å². The van der Waals surface area contributed by atoms with Gasteiger partial charge in [-0.15, -0.1) is 0 Å². The van der Waals surface area contributed by atoms with Gasteiger partial charge < -0.3 is 9.47 Å². The maximum Gasteiger partial charge on any atom is 0.169 e. The molecule has 1 saturated carbocycles. The molecule has 2 atom stereocenters. The van der Waals surface area contributed by atoms with E-state index in [9.17, 15) is 0 Å². The van der Waals surface area contributed by atoms with Crippen molar-refractivity contribution in [3.8, 4) is 0 Å². The fourth-order valence-electron chi connectivity index (χ4n) is 2.05. The Morgan fingerprint density at radius 1 is 1.00 bits per heavy atom. The monoisotopic (exact) mass is 156 g/mol. The van der Waals surface area contributed by atoms with Gasteiger partial charge >= 0.3 is 0 Å². The van der Waals surface area contributed by atoms with Crippen LogP contribution in [0.3, 0.4) is 0 Å². The lowest BCUT2D eigenvalue weighted by Gasteiger charge is -2.21. The highest BCUT2D eigenvalue weighted by molar-refractivity contribution is 4.85. The third-order valence-corrected chi connectivity index (χ3v) is 2.83. The first-order valence-corrected chi connectivity index (χ1v) is 4.57. The van der Waals surface area contributed by atoms with Crippen LogP contribution >= 0.6 is 0 Å². The average Bonchev–Trinajstić information content (AvgIpc) is 2.46. The van der Waals surface area contributed by atoms with E-state index in [2.05, 4.69) is 13.8 Å².